The minimum Gasteiger partial charge on any atom is -0.497 e. The summed E-state index contributed by atoms with van der Waals surface area (Å²) in [6, 6.07) is 14.6. The van der Waals surface area contributed by atoms with Gasteiger partial charge in [0.2, 0.25) is 5.91 Å². The molecular weight excluding hydrogens is 384 g/mol. The van der Waals surface area contributed by atoms with E-state index in [4.69, 9.17) is 16.3 Å². The number of benzene rings is 2. The van der Waals surface area contributed by atoms with Crippen LogP contribution in [0.25, 0.3) is 11.4 Å². The quantitative estimate of drug-likeness (QED) is 0.624. The summed E-state index contributed by atoms with van der Waals surface area (Å²) >= 11 is 7.30. The zero-order valence-electron chi connectivity index (χ0n) is 15.1. The number of ether oxygens (including phenoxy) is 1. The third kappa shape index (κ3) is 4.61. The van der Waals surface area contributed by atoms with Gasteiger partial charge in [-0.25, -0.2) is 0 Å². The smallest absolute Gasteiger partial charge is 0.237 e. The average Bonchev–Trinajstić information content (AvgIpc) is 3.02. The Bertz CT molecular complexity index is 943. The lowest BCUT2D eigenvalue weighted by atomic mass is 10.2. The Labute approximate surface area is 166 Å². The fourth-order valence-electron chi connectivity index (χ4n) is 2.43. The van der Waals surface area contributed by atoms with Crippen LogP contribution in [0, 0.1) is 0 Å². The molecule has 1 N–H and O–H groups in total. The topological polar surface area (TPSA) is 69.0 Å². The van der Waals surface area contributed by atoms with Gasteiger partial charge in [0.05, 0.1) is 12.4 Å². The largest absolute Gasteiger partial charge is 0.497 e. The Morgan fingerprint density at radius 3 is 2.63 bits per heavy atom. The van der Waals surface area contributed by atoms with Crippen LogP contribution < -0.4 is 10.1 Å². The molecule has 0 aliphatic carbocycles. The Hall–Kier alpha value is -2.51. The zero-order valence-corrected chi connectivity index (χ0v) is 16.7. The third-order valence-electron chi connectivity index (χ3n) is 3.93. The van der Waals surface area contributed by atoms with Crippen molar-refractivity contribution in [1.82, 2.24) is 14.8 Å². The molecule has 3 aromatic rings. The molecule has 1 heterocycles. The van der Waals surface area contributed by atoms with Crippen LogP contribution in [0.4, 0.5) is 5.69 Å². The lowest BCUT2D eigenvalue weighted by Crippen LogP contribution is -2.22. The van der Waals surface area contributed by atoms with Gasteiger partial charge in [0.15, 0.2) is 11.0 Å². The van der Waals surface area contributed by atoms with E-state index in [0.29, 0.717) is 15.9 Å². The molecule has 1 aromatic heterocycles. The number of hydrogen-bond acceptors (Lipinski definition) is 5. The minimum atomic E-state index is -0.351. The van der Waals surface area contributed by atoms with Gasteiger partial charge in [-0.05, 0) is 49.4 Å². The standard InChI is InChI=1S/C19H19ClN4O2S/c1-12(18(25)21-15-6-4-5-14(20)11-15)27-19-23-22-17(24(19)2)13-7-9-16(26-3)10-8-13/h4-12H,1-3H3,(H,21,25). The molecular formula is C19H19ClN4O2S. The van der Waals surface area contributed by atoms with Crippen molar-refractivity contribution in [2.45, 2.75) is 17.3 Å². The van der Waals surface area contributed by atoms with Crippen molar-refractivity contribution in [2.75, 3.05) is 12.4 Å². The van der Waals surface area contributed by atoms with Gasteiger partial charge in [-0.1, -0.05) is 29.4 Å². The Morgan fingerprint density at radius 1 is 1.22 bits per heavy atom. The molecule has 0 bridgehead atoms. The zero-order chi connectivity index (χ0) is 19.4. The van der Waals surface area contributed by atoms with Crippen molar-refractivity contribution in [3.05, 3.63) is 53.6 Å². The summed E-state index contributed by atoms with van der Waals surface area (Å²) in [6.45, 7) is 1.83. The molecule has 0 radical (unpaired) electrons. The minimum absolute atomic E-state index is 0.128. The predicted molar refractivity (Wildman–Crippen MR) is 108 cm³/mol. The maximum absolute atomic E-state index is 12.4. The number of rotatable bonds is 6. The molecule has 0 aliphatic heterocycles. The SMILES string of the molecule is COc1ccc(-c2nnc(SC(C)C(=O)Nc3cccc(Cl)c3)n2C)cc1. The van der Waals surface area contributed by atoms with Crippen LogP contribution in [0.2, 0.25) is 5.02 Å². The lowest BCUT2D eigenvalue weighted by Gasteiger charge is -2.12. The Morgan fingerprint density at radius 2 is 1.96 bits per heavy atom. The van der Waals surface area contributed by atoms with Gasteiger partial charge in [0, 0.05) is 23.3 Å². The lowest BCUT2D eigenvalue weighted by molar-refractivity contribution is -0.115. The van der Waals surface area contributed by atoms with E-state index in [1.807, 2.05) is 42.8 Å². The molecule has 0 saturated heterocycles. The van der Waals surface area contributed by atoms with Crippen LogP contribution in [-0.4, -0.2) is 33.0 Å². The molecule has 140 valence electrons. The van der Waals surface area contributed by atoms with Crippen molar-refractivity contribution >= 4 is 35.0 Å². The molecule has 0 saturated carbocycles. The summed E-state index contributed by atoms with van der Waals surface area (Å²) in [5.41, 5.74) is 1.59. The van der Waals surface area contributed by atoms with Crippen molar-refractivity contribution in [3.63, 3.8) is 0 Å². The highest BCUT2D eigenvalue weighted by atomic mass is 35.5. The number of nitrogens with one attached hydrogen (secondary N) is 1. The van der Waals surface area contributed by atoms with E-state index >= 15 is 0 Å². The summed E-state index contributed by atoms with van der Waals surface area (Å²) in [6.07, 6.45) is 0. The van der Waals surface area contributed by atoms with Crippen molar-refractivity contribution < 1.29 is 9.53 Å². The van der Waals surface area contributed by atoms with Crippen LogP contribution in [0.3, 0.4) is 0 Å². The van der Waals surface area contributed by atoms with Gasteiger partial charge in [-0.3, -0.25) is 4.79 Å². The van der Waals surface area contributed by atoms with Crippen LogP contribution in [0.1, 0.15) is 6.92 Å². The number of halogens is 1. The molecule has 0 spiro atoms. The van der Waals surface area contributed by atoms with E-state index in [0.717, 1.165) is 17.1 Å². The van der Waals surface area contributed by atoms with Gasteiger partial charge < -0.3 is 14.6 Å². The van der Waals surface area contributed by atoms with E-state index in [9.17, 15) is 4.79 Å². The first-order valence-electron chi connectivity index (χ1n) is 8.25. The van der Waals surface area contributed by atoms with Crippen molar-refractivity contribution in [2.24, 2.45) is 7.05 Å². The summed E-state index contributed by atoms with van der Waals surface area (Å²) in [7, 11) is 3.51. The first kappa shape index (κ1) is 19.3. The first-order chi connectivity index (χ1) is 13.0. The first-order valence-corrected chi connectivity index (χ1v) is 9.50. The van der Waals surface area contributed by atoms with Crippen LogP contribution in [0.15, 0.2) is 53.7 Å². The van der Waals surface area contributed by atoms with E-state index in [1.165, 1.54) is 11.8 Å². The number of amides is 1. The van der Waals surface area contributed by atoms with Crippen molar-refractivity contribution in [3.8, 4) is 17.1 Å². The van der Waals surface area contributed by atoms with Crippen LogP contribution in [0.5, 0.6) is 5.75 Å². The summed E-state index contributed by atoms with van der Waals surface area (Å²) < 4.78 is 7.05. The van der Waals surface area contributed by atoms with E-state index < -0.39 is 0 Å². The van der Waals surface area contributed by atoms with E-state index in [-0.39, 0.29) is 11.2 Å². The van der Waals surface area contributed by atoms with Gasteiger partial charge in [0.25, 0.3) is 0 Å². The Kier molecular flexibility index (Phi) is 6.03. The van der Waals surface area contributed by atoms with Gasteiger partial charge in [-0.2, -0.15) is 0 Å². The second kappa shape index (κ2) is 8.45. The number of carbonyl (C=O) groups excluding carboxylic acids is 1. The summed E-state index contributed by atoms with van der Waals surface area (Å²) in [5, 5.41) is 12.2. The fourth-order valence-corrected chi connectivity index (χ4v) is 3.44. The number of carbonyl (C=O) groups is 1. The monoisotopic (exact) mass is 402 g/mol. The number of methoxy groups -OCH3 is 1. The molecule has 6 nitrogen and oxygen atoms in total. The summed E-state index contributed by atoms with van der Waals surface area (Å²) in [4.78, 5) is 12.4. The van der Waals surface area contributed by atoms with Gasteiger partial charge in [0.1, 0.15) is 5.75 Å². The number of thioether (sulfide) groups is 1. The maximum atomic E-state index is 12.4. The predicted octanol–water partition coefficient (Wildman–Crippen LogP) is 4.26. The molecule has 1 unspecified atom stereocenters. The molecule has 1 atom stereocenters. The van der Waals surface area contributed by atoms with Crippen LogP contribution >= 0.6 is 23.4 Å². The molecule has 0 aliphatic rings. The number of aromatic nitrogens is 3. The van der Waals surface area contributed by atoms with Gasteiger partial charge in [-0.15, -0.1) is 10.2 Å². The maximum Gasteiger partial charge on any atom is 0.237 e. The normalized spacial score (nSPS) is 11.9. The third-order valence-corrected chi connectivity index (χ3v) is 5.30. The van der Waals surface area contributed by atoms with Gasteiger partial charge >= 0.3 is 0 Å². The van der Waals surface area contributed by atoms with E-state index in [1.54, 1.807) is 31.4 Å². The molecule has 2 aromatic carbocycles. The Balaban J connectivity index is 1.70. The fraction of sp³-hybridized carbons (Fsp3) is 0.211. The van der Waals surface area contributed by atoms with Crippen LogP contribution in [-0.2, 0) is 11.8 Å². The molecule has 0 fully saturated rings. The molecule has 8 heteroatoms. The highest BCUT2D eigenvalue weighted by molar-refractivity contribution is 8.00. The number of anilines is 1. The molecule has 27 heavy (non-hydrogen) atoms. The van der Waals surface area contributed by atoms with Crippen molar-refractivity contribution in [1.29, 1.82) is 0 Å². The number of nitrogens with zero attached hydrogens (tertiary/aromatic N) is 3. The second-order valence-electron chi connectivity index (χ2n) is 5.85. The summed E-state index contributed by atoms with van der Waals surface area (Å²) in [5.74, 6) is 1.38. The second-order valence-corrected chi connectivity index (χ2v) is 7.60. The highest BCUT2D eigenvalue weighted by Crippen LogP contribution is 2.27. The number of hydrogen-bond donors (Lipinski definition) is 1. The average molecular weight is 403 g/mol. The molecule has 1 amide bonds. The highest BCUT2D eigenvalue weighted by Gasteiger charge is 2.19. The van der Waals surface area contributed by atoms with E-state index in [2.05, 4.69) is 15.5 Å². The molecule has 3 rings (SSSR count).